The number of rotatable bonds is 0. The standard InChI is InChI=1S/CHF2.O.Zn/c2-1-3;;/h1H;;. The summed E-state index contributed by atoms with van der Waals surface area (Å²) in [6, 6.07) is 0. The third kappa shape index (κ3) is 278. The van der Waals surface area contributed by atoms with Crippen LogP contribution in [-0.2, 0) is 21.8 Å². The fourth-order valence-corrected chi connectivity index (χ4v) is 0. The molecule has 0 fully saturated rings. The van der Waals surface area contributed by atoms with E-state index in [1.807, 2.05) is 0 Å². The monoisotopic (exact) mass is 131 g/mol. The maximum absolute atomic E-state index is 9.50. The van der Waals surface area contributed by atoms with E-state index >= 15 is 0 Å². The third-order valence-electron chi connectivity index (χ3n) is 0. The molecule has 4 heteroatoms. The molecule has 0 aliphatic heterocycles. The number of hydrogen-bond acceptors (Lipinski definition) is 1. The molecule has 0 spiro atoms. The normalized spacial score (nSPS) is 4.80. The summed E-state index contributed by atoms with van der Waals surface area (Å²) in [5.41, 5.74) is 0. The van der Waals surface area contributed by atoms with Crippen molar-refractivity contribution in [2.75, 3.05) is 0 Å². The van der Waals surface area contributed by atoms with Gasteiger partial charge >= 0.3 is 21.8 Å². The van der Waals surface area contributed by atoms with Crippen molar-refractivity contribution in [1.82, 2.24) is 0 Å². The van der Waals surface area contributed by atoms with Gasteiger partial charge in [-0.05, 0) is 0 Å². The zero-order valence-corrected chi connectivity index (χ0v) is 5.42. The number of hydrogen-bond donors (Lipinski definition) is 0. The Hall–Kier alpha value is 0.283. The molecule has 27 valence electrons. The first kappa shape index (κ1) is 8.99. The summed E-state index contributed by atoms with van der Waals surface area (Å²) in [5, 5.41) is 0. The van der Waals surface area contributed by atoms with E-state index in [9.17, 15) is 8.78 Å². The fourth-order valence-electron chi connectivity index (χ4n) is 0. The summed E-state index contributed by atoms with van der Waals surface area (Å²) >= 11 is 0.125. The molecule has 0 unspecified atom stereocenters. The van der Waals surface area contributed by atoms with E-state index in [1.54, 1.807) is 0 Å². The van der Waals surface area contributed by atoms with Crippen molar-refractivity contribution in [3.63, 3.8) is 0 Å². The summed E-state index contributed by atoms with van der Waals surface area (Å²) in [6.07, 6.45) is 0. The fraction of sp³-hybridized carbons (Fsp3) is 0. The van der Waals surface area contributed by atoms with Crippen LogP contribution in [0.2, 0.25) is 0 Å². The van der Waals surface area contributed by atoms with Crippen molar-refractivity contribution in [3.8, 4) is 0 Å². The molecule has 0 saturated carbocycles. The Kier molecular flexibility index (Phi) is 50.4. The van der Waals surface area contributed by atoms with Crippen LogP contribution in [-0.4, -0.2) is 0 Å². The Bertz CT molecular complexity index is 13.6. The van der Waals surface area contributed by atoms with Gasteiger partial charge in [-0.25, -0.2) is 8.78 Å². The van der Waals surface area contributed by atoms with Crippen LogP contribution in [0.25, 0.3) is 0 Å². The van der Waals surface area contributed by atoms with E-state index in [2.05, 4.69) is 0 Å². The van der Waals surface area contributed by atoms with Gasteiger partial charge in [0.2, 0.25) is 0 Å². The molecule has 0 rings (SSSR count). The van der Waals surface area contributed by atoms with Gasteiger partial charge in [-0.3, -0.25) is 0 Å². The van der Waals surface area contributed by atoms with Crippen molar-refractivity contribution in [1.29, 1.82) is 0 Å². The van der Waals surface area contributed by atoms with Crippen LogP contribution >= 0.6 is 0 Å². The zero-order chi connectivity index (χ0) is 4.71. The molecule has 1 nitrogen and oxygen atoms in total. The zero-order valence-electron chi connectivity index (χ0n) is 2.45. The molecule has 5 heavy (non-hydrogen) atoms. The van der Waals surface area contributed by atoms with Crippen molar-refractivity contribution < 1.29 is 30.6 Å². The van der Waals surface area contributed by atoms with Gasteiger partial charge in [-0.1, -0.05) is 0 Å². The van der Waals surface area contributed by atoms with Crippen LogP contribution in [0.15, 0.2) is 0 Å². The third-order valence-corrected chi connectivity index (χ3v) is 0. The van der Waals surface area contributed by atoms with E-state index in [-0.39, 0.29) is 18.3 Å². The Morgan fingerprint density at radius 1 is 1.40 bits per heavy atom. The molecule has 0 N–H and O–H groups in total. The van der Waals surface area contributed by atoms with Gasteiger partial charge < -0.3 is 0 Å². The Morgan fingerprint density at radius 2 is 1.40 bits per heavy atom. The second-order valence-corrected chi connectivity index (χ2v) is 0.0825. The molecular formula is CHF2OZn. The van der Waals surface area contributed by atoms with E-state index in [4.69, 9.17) is 3.57 Å². The summed E-state index contributed by atoms with van der Waals surface area (Å²) in [5.74, 6) is 0. The summed E-state index contributed by atoms with van der Waals surface area (Å²) < 4.78 is 27.4. The van der Waals surface area contributed by atoms with Crippen LogP contribution < -0.4 is 0 Å². The van der Waals surface area contributed by atoms with E-state index < -0.39 is 6.93 Å². The van der Waals surface area contributed by atoms with Crippen molar-refractivity contribution in [2.45, 2.75) is 0 Å². The quantitative estimate of drug-likeness (QED) is 0.448. The molecule has 0 bridgehead atoms. The minimum atomic E-state index is -1.00. The van der Waals surface area contributed by atoms with Gasteiger partial charge in [0.1, 0.15) is 0 Å². The van der Waals surface area contributed by atoms with Crippen molar-refractivity contribution in [2.24, 2.45) is 0 Å². The first-order chi connectivity index (χ1) is 2.41. The first-order valence-electron chi connectivity index (χ1n) is 0.725. The van der Waals surface area contributed by atoms with Gasteiger partial charge in [0, 0.05) is 0 Å². The molecular weight excluding hydrogens is 131 g/mol. The van der Waals surface area contributed by atoms with Gasteiger partial charge in [0.15, 0.2) is 0 Å². The molecule has 0 aromatic heterocycles. The Morgan fingerprint density at radius 3 is 1.40 bits per heavy atom. The Labute approximate surface area is 38.3 Å². The first-order valence-corrected chi connectivity index (χ1v) is 1.94. The Balaban J connectivity index is 0. The predicted molar refractivity (Wildman–Crippen MR) is 7.20 cm³/mol. The molecule has 0 amide bonds. The summed E-state index contributed by atoms with van der Waals surface area (Å²) in [7, 11) is 0. The van der Waals surface area contributed by atoms with Gasteiger partial charge in [-0.15, -0.1) is 0 Å². The van der Waals surface area contributed by atoms with Crippen LogP contribution in [0.5, 0.6) is 0 Å². The summed E-state index contributed by atoms with van der Waals surface area (Å²) in [6.45, 7) is -1.00. The second kappa shape index (κ2) is 28.0. The number of halogens is 2. The molecule has 0 atom stereocenters. The van der Waals surface area contributed by atoms with Crippen LogP contribution in [0, 0.1) is 6.93 Å². The summed E-state index contributed by atoms with van der Waals surface area (Å²) in [4.78, 5) is 0. The van der Waals surface area contributed by atoms with Gasteiger partial charge in [-0.2, -0.15) is 0 Å². The predicted octanol–water partition coefficient (Wildman–Crippen LogP) is 0.923. The topological polar surface area (TPSA) is 17.1 Å². The SMILES string of the molecule is F[CH]F.[O]=[Zn]. The van der Waals surface area contributed by atoms with Crippen LogP contribution in [0.3, 0.4) is 0 Å². The molecule has 0 heterocycles. The average Bonchev–Trinajstić information content (AvgIpc) is 1.46. The molecule has 0 aliphatic rings. The maximum atomic E-state index is 9.50. The average molecular weight is 132 g/mol. The second-order valence-electron chi connectivity index (χ2n) is 0.0825. The van der Waals surface area contributed by atoms with Crippen molar-refractivity contribution >= 4 is 0 Å². The van der Waals surface area contributed by atoms with Crippen molar-refractivity contribution in [3.05, 3.63) is 6.93 Å². The molecule has 0 aromatic carbocycles. The van der Waals surface area contributed by atoms with Crippen LogP contribution in [0.4, 0.5) is 8.78 Å². The molecule has 0 saturated heterocycles. The van der Waals surface area contributed by atoms with E-state index in [0.717, 1.165) is 0 Å². The van der Waals surface area contributed by atoms with Gasteiger partial charge in [0.05, 0.1) is 0 Å². The van der Waals surface area contributed by atoms with E-state index in [0.29, 0.717) is 0 Å². The van der Waals surface area contributed by atoms with E-state index in [1.165, 1.54) is 0 Å². The van der Waals surface area contributed by atoms with Gasteiger partial charge in [0.25, 0.3) is 6.93 Å². The molecule has 1 radical (unpaired) electrons. The molecule has 0 aromatic rings. The minimum absolute atomic E-state index is 0.125. The molecule has 0 aliphatic carbocycles. The van der Waals surface area contributed by atoms with Crippen LogP contribution in [0.1, 0.15) is 0 Å².